The molecule has 0 amide bonds. The number of aromatic nitrogens is 2. The van der Waals surface area contributed by atoms with Crippen molar-refractivity contribution < 1.29 is 4.79 Å². The molecule has 100 valence electrons. The van der Waals surface area contributed by atoms with E-state index in [1.807, 2.05) is 25.2 Å². The summed E-state index contributed by atoms with van der Waals surface area (Å²) in [6.45, 7) is 1.75. The molecular weight excluding hydrogens is 242 g/mol. The average Bonchev–Trinajstić information content (AvgIpc) is 2.74. The van der Waals surface area contributed by atoms with Crippen molar-refractivity contribution in [2.75, 3.05) is 20.1 Å². The second-order valence-corrected chi connectivity index (χ2v) is 5.22. The van der Waals surface area contributed by atoms with Crippen molar-refractivity contribution in [3.63, 3.8) is 0 Å². The van der Waals surface area contributed by atoms with Gasteiger partial charge in [0.1, 0.15) is 0 Å². The number of imidazole rings is 1. The minimum absolute atomic E-state index is 0.0874. The minimum atomic E-state index is -0.334. The van der Waals surface area contributed by atoms with Gasteiger partial charge in [0.2, 0.25) is 5.91 Å². The van der Waals surface area contributed by atoms with Crippen molar-refractivity contribution in [3.8, 4) is 0 Å². The Hall–Kier alpha value is -1.88. The van der Waals surface area contributed by atoms with Crippen molar-refractivity contribution >= 4 is 16.9 Å². The second-order valence-electron chi connectivity index (χ2n) is 5.22. The van der Waals surface area contributed by atoms with E-state index in [0.717, 1.165) is 25.9 Å². The maximum atomic E-state index is 12.6. The molecule has 0 aliphatic carbocycles. The van der Waals surface area contributed by atoms with Crippen LogP contribution in [0.5, 0.6) is 0 Å². The second kappa shape index (κ2) is 4.66. The SMILES string of the molecule is CN1CCC[C@@H](C(=O)n2c(=O)[nH]c3ccccc32)C1. The lowest BCUT2D eigenvalue weighted by Gasteiger charge is -2.28. The zero-order chi connectivity index (χ0) is 13.4. The third-order valence-corrected chi connectivity index (χ3v) is 3.78. The van der Waals surface area contributed by atoms with Crippen LogP contribution in [0.4, 0.5) is 0 Å². The molecule has 5 heteroatoms. The zero-order valence-electron chi connectivity index (χ0n) is 10.9. The molecule has 1 aliphatic rings. The summed E-state index contributed by atoms with van der Waals surface area (Å²) in [6.07, 6.45) is 1.86. The highest BCUT2D eigenvalue weighted by Gasteiger charge is 2.27. The molecule has 0 unspecified atom stereocenters. The van der Waals surface area contributed by atoms with Gasteiger partial charge in [-0.15, -0.1) is 0 Å². The lowest BCUT2D eigenvalue weighted by molar-refractivity contribution is 0.0756. The van der Waals surface area contributed by atoms with Gasteiger partial charge in [-0.25, -0.2) is 9.36 Å². The first kappa shape index (κ1) is 12.2. The monoisotopic (exact) mass is 259 g/mol. The fourth-order valence-electron chi connectivity index (χ4n) is 2.82. The molecule has 0 saturated carbocycles. The Morgan fingerprint density at radius 3 is 2.95 bits per heavy atom. The first-order valence-electron chi connectivity index (χ1n) is 6.59. The lowest BCUT2D eigenvalue weighted by Crippen LogP contribution is -2.40. The van der Waals surface area contributed by atoms with Gasteiger partial charge in [-0.1, -0.05) is 12.1 Å². The number of rotatable bonds is 1. The van der Waals surface area contributed by atoms with Crippen molar-refractivity contribution in [2.45, 2.75) is 12.8 Å². The molecule has 2 aromatic rings. The van der Waals surface area contributed by atoms with E-state index >= 15 is 0 Å². The van der Waals surface area contributed by atoms with Crippen molar-refractivity contribution in [1.29, 1.82) is 0 Å². The van der Waals surface area contributed by atoms with Crippen LogP contribution in [0.1, 0.15) is 17.6 Å². The van der Waals surface area contributed by atoms with Crippen LogP contribution in [0.25, 0.3) is 11.0 Å². The van der Waals surface area contributed by atoms with Gasteiger partial charge < -0.3 is 9.88 Å². The van der Waals surface area contributed by atoms with E-state index in [9.17, 15) is 9.59 Å². The van der Waals surface area contributed by atoms with E-state index in [2.05, 4.69) is 9.88 Å². The van der Waals surface area contributed by atoms with Crippen LogP contribution < -0.4 is 5.69 Å². The van der Waals surface area contributed by atoms with E-state index in [1.165, 1.54) is 4.57 Å². The Labute approximate surface area is 110 Å². The maximum absolute atomic E-state index is 12.6. The molecule has 1 fully saturated rings. The average molecular weight is 259 g/mol. The molecule has 1 aromatic heterocycles. The number of carbonyl (C=O) groups excluding carboxylic acids is 1. The summed E-state index contributed by atoms with van der Waals surface area (Å²) in [6, 6.07) is 7.30. The van der Waals surface area contributed by atoms with Crippen LogP contribution in [0.2, 0.25) is 0 Å². The highest BCUT2D eigenvalue weighted by Crippen LogP contribution is 2.18. The van der Waals surface area contributed by atoms with Gasteiger partial charge in [0, 0.05) is 6.54 Å². The Morgan fingerprint density at radius 1 is 1.37 bits per heavy atom. The number of aromatic amines is 1. The van der Waals surface area contributed by atoms with E-state index in [4.69, 9.17) is 0 Å². The molecular formula is C14H17N3O2. The number of likely N-dealkylation sites (tertiary alicyclic amines) is 1. The summed E-state index contributed by atoms with van der Waals surface area (Å²) in [5.41, 5.74) is 1.05. The van der Waals surface area contributed by atoms with Gasteiger partial charge >= 0.3 is 5.69 Å². The molecule has 1 aliphatic heterocycles. The van der Waals surface area contributed by atoms with Gasteiger partial charge in [0.25, 0.3) is 0 Å². The quantitative estimate of drug-likeness (QED) is 0.840. The Morgan fingerprint density at radius 2 is 2.16 bits per heavy atom. The van der Waals surface area contributed by atoms with Crippen LogP contribution in [0, 0.1) is 5.92 Å². The van der Waals surface area contributed by atoms with Gasteiger partial charge in [0.15, 0.2) is 0 Å². The molecule has 1 N–H and O–H groups in total. The normalized spacial score (nSPS) is 20.8. The number of nitrogens with one attached hydrogen (secondary N) is 1. The molecule has 2 heterocycles. The summed E-state index contributed by atoms with van der Waals surface area (Å²) in [4.78, 5) is 29.4. The summed E-state index contributed by atoms with van der Waals surface area (Å²) in [7, 11) is 2.01. The third-order valence-electron chi connectivity index (χ3n) is 3.78. The highest BCUT2D eigenvalue weighted by atomic mass is 16.2. The Balaban J connectivity index is 2.02. The zero-order valence-corrected chi connectivity index (χ0v) is 10.9. The number of carbonyl (C=O) groups is 1. The summed E-state index contributed by atoms with van der Waals surface area (Å²) < 4.78 is 1.29. The van der Waals surface area contributed by atoms with Crippen LogP contribution in [0.15, 0.2) is 29.1 Å². The number of piperidine rings is 1. The number of H-pyrrole nitrogens is 1. The van der Waals surface area contributed by atoms with E-state index in [-0.39, 0.29) is 17.5 Å². The fourth-order valence-corrected chi connectivity index (χ4v) is 2.82. The minimum Gasteiger partial charge on any atom is -0.306 e. The fraction of sp³-hybridized carbons (Fsp3) is 0.429. The summed E-state index contributed by atoms with van der Waals surface area (Å²) in [5.74, 6) is -0.176. The predicted molar refractivity (Wildman–Crippen MR) is 73.4 cm³/mol. The highest BCUT2D eigenvalue weighted by molar-refractivity contribution is 5.91. The van der Waals surface area contributed by atoms with Crippen LogP contribution in [0.3, 0.4) is 0 Å². The number of benzene rings is 1. The standard InChI is InChI=1S/C14H17N3O2/c1-16-8-4-5-10(9-16)13(18)17-12-7-3-2-6-11(12)15-14(17)19/h2-3,6-7,10H,4-5,8-9H2,1H3,(H,15,19)/t10-/m1/s1. The van der Waals surface area contributed by atoms with Gasteiger partial charge in [0.05, 0.1) is 17.0 Å². The van der Waals surface area contributed by atoms with Crippen LogP contribution in [-0.4, -0.2) is 40.5 Å². The largest absolute Gasteiger partial charge is 0.333 e. The molecule has 3 rings (SSSR count). The van der Waals surface area contributed by atoms with Crippen molar-refractivity contribution in [1.82, 2.24) is 14.5 Å². The lowest BCUT2D eigenvalue weighted by atomic mass is 9.97. The molecule has 0 radical (unpaired) electrons. The van der Waals surface area contributed by atoms with Crippen molar-refractivity contribution in [2.24, 2.45) is 5.92 Å². The third kappa shape index (κ3) is 2.10. The topological polar surface area (TPSA) is 58.1 Å². The van der Waals surface area contributed by atoms with Gasteiger partial charge in [-0.3, -0.25) is 4.79 Å². The summed E-state index contributed by atoms with van der Waals surface area (Å²) in [5, 5.41) is 0. The number of hydrogen-bond donors (Lipinski definition) is 1. The van der Waals surface area contributed by atoms with Crippen LogP contribution >= 0.6 is 0 Å². The van der Waals surface area contributed by atoms with Gasteiger partial charge in [-0.05, 0) is 38.6 Å². The first-order valence-corrected chi connectivity index (χ1v) is 6.59. The Bertz CT molecular complexity index is 671. The molecule has 1 saturated heterocycles. The Kier molecular flexibility index (Phi) is 2.98. The molecule has 1 atom stereocenters. The molecule has 0 bridgehead atoms. The smallest absolute Gasteiger partial charge is 0.306 e. The van der Waals surface area contributed by atoms with Gasteiger partial charge in [-0.2, -0.15) is 0 Å². The van der Waals surface area contributed by atoms with E-state index < -0.39 is 0 Å². The number of nitrogens with zero attached hydrogens (tertiary/aromatic N) is 2. The first-order chi connectivity index (χ1) is 9.16. The van der Waals surface area contributed by atoms with E-state index in [0.29, 0.717) is 11.0 Å². The molecule has 5 nitrogen and oxygen atoms in total. The predicted octanol–water partition coefficient (Wildman–Crippen LogP) is 1.31. The maximum Gasteiger partial charge on any atom is 0.333 e. The number of para-hydroxylation sites is 2. The van der Waals surface area contributed by atoms with Crippen molar-refractivity contribution in [3.05, 3.63) is 34.7 Å². The molecule has 1 aromatic carbocycles. The number of fused-ring (bicyclic) bond motifs is 1. The summed E-state index contributed by atoms with van der Waals surface area (Å²) >= 11 is 0. The van der Waals surface area contributed by atoms with E-state index in [1.54, 1.807) is 6.07 Å². The molecule has 19 heavy (non-hydrogen) atoms. The van der Waals surface area contributed by atoms with Crippen LogP contribution in [-0.2, 0) is 0 Å². The molecule has 0 spiro atoms. The number of hydrogen-bond acceptors (Lipinski definition) is 3.